The second kappa shape index (κ2) is 9.86. The van der Waals surface area contributed by atoms with Crippen molar-refractivity contribution in [1.82, 2.24) is 19.5 Å². The number of non-ortho nitro benzene ring substituents is 1. The molecule has 202 valence electrons. The van der Waals surface area contributed by atoms with Crippen LogP contribution in [0.25, 0.3) is 16.6 Å². The van der Waals surface area contributed by atoms with Gasteiger partial charge >= 0.3 is 6.09 Å². The lowest BCUT2D eigenvalue weighted by Crippen LogP contribution is -2.41. The minimum Gasteiger partial charge on any atom is -0.444 e. The van der Waals surface area contributed by atoms with Crippen molar-refractivity contribution in [2.45, 2.75) is 45.1 Å². The molecule has 1 fully saturated rings. The molecule has 12 nitrogen and oxygen atoms in total. The zero-order chi connectivity index (χ0) is 27.9. The number of aromatic nitrogens is 3. The highest BCUT2D eigenvalue weighted by Crippen LogP contribution is 2.32. The number of nitro groups is 1. The molecule has 0 unspecified atom stereocenters. The zero-order valence-electron chi connectivity index (χ0n) is 21.8. The lowest BCUT2D eigenvalue weighted by atomic mass is 9.93. The lowest BCUT2D eigenvalue weighted by molar-refractivity contribution is -0.384. The van der Waals surface area contributed by atoms with Gasteiger partial charge in [-0.3, -0.25) is 19.7 Å². The number of H-pyrrole nitrogens is 1. The first-order chi connectivity index (χ1) is 18.5. The van der Waals surface area contributed by atoms with E-state index >= 15 is 0 Å². The van der Waals surface area contributed by atoms with Gasteiger partial charge in [-0.15, -0.1) is 0 Å². The molecular formula is C27H28N6O6. The molecule has 0 aliphatic carbocycles. The number of aromatic amines is 1. The summed E-state index contributed by atoms with van der Waals surface area (Å²) in [6.07, 6.45) is 0.922. The predicted octanol–water partition coefficient (Wildman–Crippen LogP) is 4.45. The number of nitrogens with zero attached hydrogens (tertiary/aromatic N) is 4. The summed E-state index contributed by atoms with van der Waals surface area (Å²) in [5.41, 5.74) is 1.45. The molecule has 0 atom stereocenters. The summed E-state index contributed by atoms with van der Waals surface area (Å²) in [6.45, 7) is 6.47. The van der Waals surface area contributed by atoms with Crippen molar-refractivity contribution in [2.24, 2.45) is 0 Å². The summed E-state index contributed by atoms with van der Waals surface area (Å²) < 4.78 is 7.19. The SMILES string of the molecule is CC(C)(C)OC(=O)N1CCC(c2cc(=O)[nH]c3c4c(NC(=O)c5ccc([N+](=O)[O-])cc5)cccc4nn23)CC1. The van der Waals surface area contributed by atoms with Crippen LogP contribution in [0.4, 0.5) is 16.2 Å². The number of ether oxygens (including phenoxy) is 1. The largest absolute Gasteiger partial charge is 0.444 e. The van der Waals surface area contributed by atoms with Gasteiger partial charge in [0.15, 0.2) is 0 Å². The fraction of sp³-hybridized carbons (Fsp3) is 0.333. The van der Waals surface area contributed by atoms with Gasteiger partial charge in [0, 0.05) is 42.8 Å². The highest BCUT2D eigenvalue weighted by Gasteiger charge is 2.29. The van der Waals surface area contributed by atoms with Crippen molar-refractivity contribution in [1.29, 1.82) is 0 Å². The van der Waals surface area contributed by atoms with Crippen molar-refractivity contribution >= 4 is 39.9 Å². The number of carbonyl (C=O) groups excluding carboxylic acids is 2. The van der Waals surface area contributed by atoms with E-state index < -0.39 is 16.4 Å². The van der Waals surface area contributed by atoms with Crippen LogP contribution in [0.15, 0.2) is 53.3 Å². The Bertz CT molecular complexity index is 1640. The molecule has 0 saturated carbocycles. The molecule has 0 radical (unpaired) electrons. The van der Waals surface area contributed by atoms with Crippen LogP contribution in [-0.2, 0) is 4.74 Å². The molecule has 2 N–H and O–H groups in total. The van der Waals surface area contributed by atoms with E-state index in [2.05, 4.69) is 10.3 Å². The molecule has 39 heavy (non-hydrogen) atoms. The average molecular weight is 533 g/mol. The Morgan fingerprint density at radius 3 is 2.46 bits per heavy atom. The monoisotopic (exact) mass is 532 g/mol. The summed E-state index contributed by atoms with van der Waals surface area (Å²) in [5, 5.41) is 19.1. The summed E-state index contributed by atoms with van der Waals surface area (Å²) >= 11 is 0. The van der Waals surface area contributed by atoms with Gasteiger partial charge in [0.25, 0.3) is 17.2 Å². The number of anilines is 1. The lowest BCUT2D eigenvalue weighted by Gasteiger charge is -2.33. The topological polar surface area (TPSA) is 152 Å². The number of amides is 2. The minimum atomic E-state index is -0.576. The number of rotatable bonds is 4. The number of carbonyl (C=O) groups is 2. The number of benzene rings is 2. The molecular weight excluding hydrogens is 504 g/mol. The molecule has 1 aliphatic rings. The van der Waals surface area contributed by atoms with Gasteiger partial charge in [0.1, 0.15) is 11.2 Å². The smallest absolute Gasteiger partial charge is 0.410 e. The molecule has 0 spiro atoms. The number of hydrogen-bond donors (Lipinski definition) is 2. The van der Waals surface area contributed by atoms with E-state index in [4.69, 9.17) is 9.84 Å². The first-order valence-electron chi connectivity index (χ1n) is 12.6. The zero-order valence-corrected chi connectivity index (χ0v) is 21.8. The Morgan fingerprint density at radius 2 is 1.82 bits per heavy atom. The number of nitrogens with one attached hydrogen (secondary N) is 2. The highest BCUT2D eigenvalue weighted by atomic mass is 16.6. The quantitative estimate of drug-likeness (QED) is 0.291. The van der Waals surface area contributed by atoms with Gasteiger partial charge in [-0.05, 0) is 57.9 Å². The third-order valence-corrected chi connectivity index (χ3v) is 6.62. The Labute approximate surface area is 222 Å². The van der Waals surface area contributed by atoms with E-state index in [1.807, 2.05) is 20.8 Å². The third kappa shape index (κ3) is 5.31. The molecule has 1 saturated heterocycles. The summed E-state index contributed by atoms with van der Waals surface area (Å²) in [5.74, 6) is -0.467. The molecule has 2 aromatic heterocycles. The van der Waals surface area contributed by atoms with E-state index in [9.17, 15) is 24.5 Å². The van der Waals surface area contributed by atoms with Crippen LogP contribution in [0.5, 0.6) is 0 Å². The molecule has 3 heterocycles. The molecule has 4 aromatic rings. The van der Waals surface area contributed by atoms with E-state index in [0.717, 1.165) is 5.69 Å². The molecule has 2 aromatic carbocycles. The van der Waals surface area contributed by atoms with E-state index in [0.29, 0.717) is 48.2 Å². The second-order valence-corrected chi connectivity index (χ2v) is 10.5. The van der Waals surface area contributed by atoms with E-state index in [1.165, 1.54) is 30.3 Å². The minimum absolute atomic E-state index is 0.0130. The fourth-order valence-electron chi connectivity index (χ4n) is 4.79. The van der Waals surface area contributed by atoms with Crippen molar-refractivity contribution in [3.05, 3.63) is 80.3 Å². The number of piperidine rings is 1. The Balaban J connectivity index is 1.44. The number of nitro benzene ring substituents is 1. The predicted molar refractivity (Wildman–Crippen MR) is 144 cm³/mol. The van der Waals surface area contributed by atoms with Crippen LogP contribution in [-0.4, -0.2) is 55.1 Å². The van der Waals surface area contributed by atoms with Gasteiger partial charge < -0.3 is 19.9 Å². The van der Waals surface area contributed by atoms with Crippen LogP contribution >= 0.6 is 0 Å². The maximum Gasteiger partial charge on any atom is 0.410 e. The van der Waals surface area contributed by atoms with Gasteiger partial charge in [-0.2, -0.15) is 5.10 Å². The Morgan fingerprint density at radius 1 is 1.13 bits per heavy atom. The summed E-state index contributed by atoms with van der Waals surface area (Å²) in [4.78, 5) is 53.1. The van der Waals surface area contributed by atoms with Crippen molar-refractivity contribution in [3.63, 3.8) is 0 Å². The maximum atomic E-state index is 12.9. The second-order valence-electron chi connectivity index (χ2n) is 10.5. The molecule has 2 amide bonds. The van der Waals surface area contributed by atoms with Crippen LogP contribution < -0.4 is 10.9 Å². The van der Waals surface area contributed by atoms with E-state index in [1.54, 1.807) is 27.6 Å². The summed E-state index contributed by atoms with van der Waals surface area (Å²) in [6, 6.07) is 12.1. The first-order valence-corrected chi connectivity index (χ1v) is 12.6. The molecule has 1 aliphatic heterocycles. The number of hydrogen-bond acceptors (Lipinski definition) is 7. The van der Waals surface area contributed by atoms with E-state index in [-0.39, 0.29) is 28.8 Å². The Hall–Kier alpha value is -4.74. The molecule has 12 heteroatoms. The standard InChI is InChI=1S/C27H28N6O6/c1-27(2,3)39-26(36)31-13-11-16(12-14-31)21-15-22(34)29-24-23-19(5-4-6-20(23)30-32(21)24)28-25(35)17-7-9-18(10-8-17)33(37)38/h4-10,15-16H,11-14H2,1-3H3,(H,28,35)(H,29,34). The average Bonchev–Trinajstić information content (AvgIpc) is 3.26. The first kappa shape index (κ1) is 25.9. The van der Waals surface area contributed by atoms with Crippen molar-refractivity contribution in [3.8, 4) is 0 Å². The third-order valence-electron chi connectivity index (χ3n) is 6.62. The van der Waals surface area contributed by atoms with Gasteiger partial charge in [0.2, 0.25) is 0 Å². The van der Waals surface area contributed by atoms with Gasteiger partial charge in [-0.25, -0.2) is 9.31 Å². The maximum absolute atomic E-state index is 12.9. The normalized spacial score (nSPS) is 14.5. The van der Waals surface area contributed by atoms with Crippen LogP contribution in [0.3, 0.4) is 0 Å². The Kier molecular flexibility index (Phi) is 6.54. The summed E-state index contributed by atoms with van der Waals surface area (Å²) in [7, 11) is 0. The van der Waals surface area contributed by atoms with Crippen LogP contribution in [0.2, 0.25) is 0 Å². The molecule has 5 rings (SSSR count). The van der Waals surface area contributed by atoms with Crippen LogP contribution in [0, 0.1) is 10.1 Å². The van der Waals surface area contributed by atoms with Gasteiger partial charge in [-0.1, -0.05) is 6.07 Å². The highest BCUT2D eigenvalue weighted by molar-refractivity contribution is 6.12. The van der Waals surface area contributed by atoms with Gasteiger partial charge in [0.05, 0.1) is 27.2 Å². The van der Waals surface area contributed by atoms with Crippen molar-refractivity contribution < 1.29 is 19.2 Å². The fourth-order valence-corrected chi connectivity index (χ4v) is 4.79. The molecule has 0 bridgehead atoms. The van der Waals surface area contributed by atoms with Crippen LogP contribution in [0.1, 0.15) is 55.6 Å². The number of likely N-dealkylation sites (tertiary alicyclic amines) is 1. The van der Waals surface area contributed by atoms with Crippen molar-refractivity contribution in [2.75, 3.05) is 18.4 Å². The number of fused-ring (bicyclic) bond motifs is 3.